The average molecular weight is 284 g/mol. The molecule has 0 aliphatic heterocycles. The lowest BCUT2D eigenvalue weighted by Crippen LogP contribution is -2.18. The molecule has 0 heterocycles. The molecule has 0 bridgehead atoms. The van der Waals surface area contributed by atoms with Crippen molar-refractivity contribution < 1.29 is 9.53 Å². The summed E-state index contributed by atoms with van der Waals surface area (Å²) in [6.45, 7) is 7.22. The molecule has 0 amide bonds. The van der Waals surface area contributed by atoms with Gasteiger partial charge in [-0.3, -0.25) is 4.79 Å². The summed E-state index contributed by atoms with van der Waals surface area (Å²) >= 11 is 0. The van der Waals surface area contributed by atoms with Crippen LogP contribution in [0.5, 0.6) is 0 Å². The van der Waals surface area contributed by atoms with Gasteiger partial charge in [0.2, 0.25) is 0 Å². The van der Waals surface area contributed by atoms with Gasteiger partial charge < -0.3 is 4.74 Å². The Labute approximate surface area is 126 Å². The van der Waals surface area contributed by atoms with E-state index in [4.69, 9.17) is 4.74 Å². The molecule has 0 spiro atoms. The summed E-state index contributed by atoms with van der Waals surface area (Å²) < 4.78 is 5.46. The number of rotatable bonds is 14. The van der Waals surface area contributed by atoms with Crippen molar-refractivity contribution >= 4 is 5.97 Å². The normalized spacial score (nSPS) is 12.3. The zero-order chi connectivity index (χ0) is 15.1. The molecule has 0 radical (unpaired) electrons. The second kappa shape index (κ2) is 14.9. The van der Waals surface area contributed by atoms with E-state index in [1.54, 1.807) is 0 Å². The van der Waals surface area contributed by atoms with Crippen LogP contribution in [-0.2, 0) is 9.53 Å². The number of unbranched alkanes of at least 4 members (excludes halogenated alkanes) is 7. The van der Waals surface area contributed by atoms with Gasteiger partial charge in [-0.15, -0.1) is 0 Å². The zero-order valence-electron chi connectivity index (χ0n) is 14.1. The fraction of sp³-hybridized carbons (Fsp3) is 0.944. The van der Waals surface area contributed by atoms with E-state index in [0.29, 0.717) is 6.61 Å². The molecule has 0 saturated heterocycles. The lowest BCUT2D eigenvalue weighted by molar-refractivity contribution is -0.149. The number of ether oxygens (including phenoxy) is 1. The second-order valence-corrected chi connectivity index (χ2v) is 5.92. The van der Waals surface area contributed by atoms with Gasteiger partial charge in [0.25, 0.3) is 0 Å². The van der Waals surface area contributed by atoms with Crippen molar-refractivity contribution in [3.05, 3.63) is 0 Å². The molecule has 0 aliphatic carbocycles. The van der Waals surface area contributed by atoms with Gasteiger partial charge >= 0.3 is 5.97 Å². The molecule has 1 unspecified atom stereocenters. The minimum atomic E-state index is 0.0636. The minimum absolute atomic E-state index is 0.0636. The Balaban J connectivity index is 3.95. The summed E-state index contributed by atoms with van der Waals surface area (Å²) in [5.41, 5.74) is 0. The monoisotopic (exact) mass is 284 g/mol. The molecule has 0 N–H and O–H groups in total. The Morgan fingerprint density at radius 2 is 1.25 bits per heavy atom. The van der Waals surface area contributed by atoms with Crippen LogP contribution >= 0.6 is 0 Å². The van der Waals surface area contributed by atoms with Crippen molar-refractivity contribution in [1.29, 1.82) is 0 Å². The summed E-state index contributed by atoms with van der Waals surface area (Å²) in [7, 11) is 0. The van der Waals surface area contributed by atoms with Crippen molar-refractivity contribution in [1.82, 2.24) is 0 Å². The van der Waals surface area contributed by atoms with Crippen LogP contribution in [0.4, 0.5) is 0 Å². The molecular weight excluding hydrogens is 248 g/mol. The molecule has 0 saturated carbocycles. The quantitative estimate of drug-likeness (QED) is 0.294. The Morgan fingerprint density at radius 1 is 0.750 bits per heavy atom. The van der Waals surface area contributed by atoms with E-state index in [-0.39, 0.29) is 11.9 Å². The highest BCUT2D eigenvalue weighted by atomic mass is 16.5. The Kier molecular flexibility index (Phi) is 14.5. The van der Waals surface area contributed by atoms with E-state index < -0.39 is 0 Å². The molecule has 0 aromatic carbocycles. The highest BCUT2D eigenvalue weighted by Gasteiger charge is 2.18. The van der Waals surface area contributed by atoms with Crippen molar-refractivity contribution in [3.63, 3.8) is 0 Å². The maximum Gasteiger partial charge on any atom is 0.308 e. The molecule has 0 aromatic rings. The lowest BCUT2D eigenvalue weighted by atomic mass is 9.95. The standard InChI is InChI=1S/C18H36O2/c1-4-7-10-12-15-17(14-11-8-5-2)18(19)20-16-13-9-6-3/h17H,4-16H2,1-3H3. The predicted molar refractivity (Wildman–Crippen MR) is 86.9 cm³/mol. The van der Waals surface area contributed by atoms with E-state index in [1.807, 2.05) is 0 Å². The SMILES string of the molecule is CCCCCCC(CCCCC)C(=O)OCCCCC. The smallest absolute Gasteiger partial charge is 0.308 e. The number of esters is 1. The molecule has 2 heteroatoms. The van der Waals surface area contributed by atoms with Gasteiger partial charge in [-0.2, -0.15) is 0 Å². The Hall–Kier alpha value is -0.530. The second-order valence-electron chi connectivity index (χ2n) is 5.92. The van der Waals surface area contributed by atoms with Gasteiger partial charge in [0, 0.05) is 0 Å². The van der Waals surface area contributed by atoms with Crippen LogP contribution in [0, 0.1) is 5.92 Å². The van der Waals surface area contributed by atoms with Gasteiger partial charge in [0.05, 0.1) is 12.5 Å². The van der Waals surface area contributed by atoms with Crippen LogP contribution in [0.1, 0.15) is 97.8 Å². The Morgan fingerprint density at radius 3 is 1.85 bits per heavy atom. The maximum absolute atomic E-state index is 12.1. The summed E-state index contributed by atoms with van der Waals surface area (Å²) in [4.78, 5) is 12.1. The fourth-order valence-corrected chi connectivity index (χ4v) is 2.48. The van der Waals surface area contributed by atoms with Crippen molar-refractivity contribution in [2.45, 2.75) is 97.8 Å². The summed E-state index contributed by atoms with van der Waals surface area (Å²) in [6.07, 6.45) is 14.0. The van der Waals surface area contributed by atoms with Gasteiger partial charge in [-0.05, 0) is 19.3 Å². The van der Waals surface area contributed by atoms with Crippen LogP contribution in [0.2, 0.25) is 0 Å². The third-order valence-electron chi connectivity index (χ3n) is 3.89. The van der Waals surface area contributed by atoms with E-state index in [1.165, 1.54) is 51.4 Å². The topological polar surface area (TPSA) is 26.3 Å². The number of hydrogen-bond acceptors (Lipinski definition) is 2. The average Bonchev–Trinajstić information content (AvgIpc) is 2.46. The third kappa shape index (κ3) is 11.3. The molecule has 0 rings (SSSR count). The number of carbonyl (C=O) groups excluding carboxylic acids is 1. The van der Waals surface area contributed by atoms with E-state index in [0.717, 1.165) is 25.7 Å². The molecule has 0 fully saturated rings. The lowest BCUT2D eigenvalue weighted by Gasteiger charge is -2.16. The summed E-state index contributed by atoms with van der Waals surface area (Å²) in [6, 6.07) is 0. The van der Waals surface area contributed by atoms with Crippen molar-refractivity contribution in [2.24, 2.45) is 5.92 Å². The third-order valence-corrected chi connectivity index (χ3v) is 3.89. The molecule has 0 aromatic heterocycles. The van der Waals surface area contributed by atoms with Crippen LogP contribution in [-0.4, -0.2) is 12.6 Å². The molecule has 120 valence electrons. The molecule has 1 atom stereocenters. The largest absolute Gasteiger partial charge is 0.465 e. The van der Waals surface area contributed by atoms with Gasteiger partial charge in [-0.1, -0.05) is 78.6 Å². The van der Waals surface area contributed by atoms with Crippen LogP contribution in [0.15, 0.2) is 0 Å². The minimum Gasteiger partial charge on any atom is -0.465 e. The van der Waals surface area contributed by atoms with E-state index in [9.17, 15) is 4.79 Å². The van der Waals surface area contributed by atoms with Gasteiger partial charge in [0.15, 0.2) is 0 Å². The van der Waals surface area contributed by atoms with Crippen LogP contribution in [0.25, 0.3) is 0 Å². The number of carbonyl (C=O) groups is 1. The summed E-state index contributed by atoms with van der Waals surface area (Å²) in [5.74, 6) is 0.216. The van der Waals surface area contributed by atoms with Gasteiger partial charge in [0.1, 0.15) is 0 Å². The van der Waals surface area contributed by atoms with Crippen molar-refractivity contribution in [3.8, 4) is 0 Å². The van der Waals surface area contributed by atoms with E-state index in [2.05, 4.69) is 20.8 Å². The number of hydrogen-bond donors (Lipinski definition) is 0. The molecule has 2 nitrogen and oxygen atoms in total. The van der Waals surface area contributed by atoms with Gasteiger partial charge in [-0.25, -0.2) is 0 Å². The first-order chi connectivity index (χ1) is 9.76. The van der Waals surface area contributed by atoms with Crippen LogP contribution < -0.4 is 0 Å². The first kappa shape index (κ1) is 19.5. The fourth-order valence-electron chi connectivity index (χ4n) is 2.48. The first-order valence-corrected chi connectivity index (χ1v) is 8.92. The zero-order valence-corrected chi connectivity index (χ0v) is 14.1. The molecular formula is C18H36O2. The molecule has 0 aliphatic rings. The highest BCUT2D eigenvalue weighted by molar-refractivity contribution is 5.72. The molecule has 20 heavy (non-hydrogen) atoms. The Bertz CT molecular complexity index is 213. The van der Waals surface area contributed by atoms with E-state index >= 15 is 0 Å². The predicted octanol–water partition coefficient (Wildman–Crippen LogP) is 5.89. The van der Waals surface area contributed by atoms with Crippen molar-refractivity contribution in [2.75, 3.05) is 6.61 Å². The highest BCUT2D eigenvalue weighted by Crippen LogP contribution is 2.19. The first-order valence-electron chi connectivity index (χ1n) is 8.92. The van der Waals surface area contributed by atoms with Crippen LogP contribution in [0.3, 0.4) is 0 Å². The maximum atomic E-state index is 12.1. The summed E-state index contributed by atoms with van der Waals surface area (Å²) in [5, 5.41) is 0.